The normalized spacial score (nSPS) is 10.7. The maximum absolute atomic E-state index is 11.0. The van der Waals surface area contributed by atoms with Crippen LogP contribution in [0, 0.1) is 10.1 Å². The Kier molecular flexibility index (Phi) is 3.50. The first-order chi connectivity index (χ1) is 8.17. The van der Waals surface area contributed by atoms with E-state index in [0.29, 0.717) is 0 Å². The molecule has 0 spiro atoms. The molecule has 0 saturated heterocycles. The van der Waals surface area contributed by atoms with Crippen molar-refractivity contribution in [3.05, 3.63) is 34.4 Å². The van der Waals surface area contributed by atoms with Crippen molar-refractivity contribution in [2.45, 2.75) is 13.8 Å². The molecule has 0 aliphatic carbocycles. The van der Waals surface area contributed by atoms with Gasteiger partial charge in [-0.2, -0.15) is 0 Å². The summed E-state index contributed by atoms with van der Waals surface area (Å²) < 4.78 is 2.15. The fourth-order valence-electron chi connectivity index (χ4n) is 1.87. The van der Waals surface area contributed by atoms with Gasteiger partial charge in [-0.15, -0.1) is 0 Å². The fraction of sp³-hybridized carbons (Fsp3) is 0.333. The van der Waals surface area contributed by atoms with E-state index >= 15 is 0 Å². The standard InChI is InChI=1S/C12H14N2O2Se/c1-3-13(4-2)11-8-9-6-5-7-10(14(15)16)12(9)17-11/h5-8H,3-4H2,1-2H3. The first kappa shape index (κ1) is 12.1. The van der Waals surface area contributed by atoms with Crippen LogP contribution in [0.3, 0.4) is 0 Å². The first-order valence-electron chi connectivity index (χ1n) is 5.59. The number of fused-ring (bicyclic) bond motifs is 1. The van der Waals surface area contributed by atoms with Gasteiger partial charge in [0.25, 0.3) is 0 Å². The number of nitrogens with zero attached hydrogens (tertiary/aromatic N) is 2. The van der Waals surface area contributed by atoms with Crippen molar-refractivity contribution in [3.8, 4) is 0 Å². The summed E-state index contributed by atoms with van der Waals surface area (Å²) in [7, 11) is 0. The van der Waals surface area contributed by atoms with Crippen molar-refractivity contribution in [2.75, 3.05) is 18.0 Å². The molecule has 0 amide bonds. The SMILES string of the molecule is CCN(CC)c1cc2cccc([N+](=O)[O-])c2[se]1. The average Bonchev–Trinajstić information content (AvgIpc) is 2.73. The van der Waals surface area contributed by atoms with Crippen molar-refractivity contribution >= 4 is 34.4 Å². The van der Waals surface area contributed by atoms with Crippen LogP contribution in [0.15, 0.2) is 24.3 Å². The van der Waals surface area contributed by atoms with Crippen LogP contribution in [0.2, 0.25) is 0 Å². The van der Waals surface area contributed by atoms with Gasteiger partial charge in [-0.3, -0.25) is 0 Å². The molecule has 5 heteroatoms. The molecule has 0 aliphatic rings. The number of rotatable bonds is 4. The Morgan fingerprint density at radius 2 is 2.06 bits per heavy atom. The van der Waals surface area contributed by atoms with Gasteiger partial charge in [-0.25, -0.2) is 0 Å². The van der Waals surface area contributed by atoms with Crippen LogP contribution in [0.5, 0.6) is 0 Å². The fourth-order valence-corrected chi connectivity index (χ4v) is 4.54. The molecule has 17 heavy (non-hydrogen) atoms. The van der Waals surface area contributed by atoms with Gasteiger partial charge >= 0.3 is 106 Å². The summed E-state index contributed by atoms with van der Waals surface area (Å²) in [5, 5.41) is 12.0. The van der Waals surface area contributed by atoms with Gasteiger partial charge in [-0.1, -0.05) is 0 Å². The van der Waals surface area contributed by atoms with E-state index in [1.54, 1.807) is 12.1 Å². The van der Waals surface area contributed by atoms with Crippen molar-refractivity contribution in [3.63, 3.8) is 0 Å². The van der Waals surface area contributed by atoms with E-state index in [9.17, 15) is 10.1 Å². The molecule has 0 unspecified atom stereocenters. The molecule has 2 aromatic rings. The van der Waals surface area contributed by atoms with Crippen LogP contribution in [0.25, 0.3) is 9.65 Å². The van der Waals surface area contributed by atoms with Crippen LogP contribution in [-0.4, -0.2) is 32.5 Å². The minimum absolute atomic E-state index is 0.0605. The van der Waals surface area contributed by atoms with Crippen molar-refractivity contribution in [1.82, 2.24) is 0 Å². The van der Waals surface area contributed by atoms with E-state index in [1.807, 2.05) is 6.07 Å². The van der Waals surface area contributed by atoms with Crippen molar-refractivity contribution in [2.24, 2.45) is 0 Å². The number of nitro benzene ring substituents is 1. The van der Waals surface area contributed by atoms with E-state index < -0.39 is 0 Å². The molecule has 1 aromatic carbocycles. The molecule has 1 aromatic heterocycles. The predicted octanol–water partition coefficient (Wildman–Crippen LogP) is 2.65. The summed E-state index contributed by atoms with van der Waals surface area (Å²) >= 11 is 0.0605. The van der Waals surface area contributed by atoms with Crippen LogP contribution in [0.4, 0.5) is 10.2 Å². The average molecular weight is 297 g/mol. The minimum atomic E-state index is -0.278. The van der Waals surface area contributed by atoms with Gasteiger partial charge in [0.1, 0.15) is 0 Å². The van der Waals surface area contributed by atoms with Crippen LogP contribution in [0.1, 0.15) is 13.8 Å². The Labute approximate surface area is 106 Å². The van der Waals surface area contributed by atoms with Gasteiger partial charge in [-0.05, 0) is 0 Å². The second-order valence-electron chi connectivity index (χ2n) is 3.71. The summed E-state index contributed by atoms with van der Waals surface area (Å²) in [6, 6.07) is 7.41. The van der Waals surface area contributed by atoms with E-state index in [1.165, 1.54) is 4.56 Å². The van der Waals surface area contributed by atoms with Gasteiger partial charge in [0.05, 0.1) is 0 Å². The molecule has 1 heterocycles. The van der Waals surface area contributed by atoms with Crippen LogP contribution >= 0.6 is 0 Å². The predicted molar refractivity (Wildman–Crippen MR) is 71.1 cm³/mol. The summed E-state index contributed by atoms with van der Waals surface area (Å²) in [6.07, 6.45) is 0. The molecule has 0 N–H and O–H groups in total. The van der Waals surface area contributed by atoms with Gasteiger partial charge in [0.2, 0.25) is 0 Å². The number of hydrogen-bond donors (Lipinski definition) is 0. The van der Waals surface area contributed by atoms with E-state index in [2.05, 4.69) is 24.8 Å². The monoisotopic (exact) mass is 298 g/mol. The van der Waals surface area contributed by atoms with Crippen molar-refractivity contribution < 1.29 is 4.92 Å². The Bertz CT molecular complexity index is 546. The molecule has 0 saturated carbocycles. The summed E-state index contributed by atoms with van der Waals surface area (Å²) in [6.45, 7) is 6.12. The van der Waals surface area contributed by atoms with E-state index in [0.717, 1.165) is 22.7 Å². The van der Waals surface area contributed by atoms with E-state index in [-0.39, 0.29) is 25.1 Å². The Morgan fingerprint density at radius 1 is 1.35 bits per heavy atom. The van der Waals surface area contributed by atoms with Gasteiger partial charge in [0, 0.05) is 0 Å². The number of nitro groups is 1. The van der Waals surface area contributed by atoms with E-state index in [4.69, 9.17) is 0 Å². The summed E-state index contributed by atoms with van der Waals surface area (Å²) in [5.74, 6) is 0. The number of benzene rings is 1. The molecule has 0 aliphatic heterocycles. The number of anilines is 1. The quantitative estimate of drug-likeness (QED) is 0.495. The zero-order chi connectivity index (χ0) is 12.4. The second-order valence-corrected chi connectivity index (χ2v) is 5.87. The Morgan fingerprint density at radius 3 is 2.65 bits per heavy atom. The topological polar surface area (TPSA) is 46.4 Å². The molecule has 0 bridgehead atoms. The molecule has 0 fully saturated rings. The molecule has 2 rings (SSSR count). The molecule has 0 radical (unpaired) electrons. The zero-order valence-corrected chi connectivity index (χ0v) is 11.6. The molecular formula is C12H14N2O2Se. The summed E-state index contributed by atoms with van der Waals surface area (Å²) in [5.41, 5.74) is 0.265. The molecule has 90 valence electrons. The number of hydrogen-bond acceptors (Lipinski definition) is 3. The van der Waals surface area contributed by atoms with Gasteiger partial charge in [0.15, 0.2) is 0 Å². The van der Waals surface area contributed by atoms with Crippen LogP contribution < -0.4 is 4.90 Å². The third-order valence-corrected chi connectivity index (χ3v) is 5.37. The van der Waals surface area contributed by atoms with Crippen LogP contribution in [-0.2, 0) is 0 Å². The Hall–Kier alpha value is -1.32. The second kappa shape index (κ2) is 4.90. The molecule has 0 atom stereocenters. The van der Waals surface area contributed by atoms with Gasteiger partial charge < -0.3 is 0 Å². The third kappa shape index (κ3) is 2.21. The molecule has 4 nitrogen and oxygen atoms in total. The first-order valence-corrected chi connectivity index (χ1v) is 7.30. The third-order valence-electron chi connectivity index (χ3n) is 2.78. The maximum atomic E-state index is 11.0. The molecular weight excluding hydrogens is 283 g/mol. The zero-order valence-electron chi connectivity index (χ0n) is 9.84. The summed E-state index contributed by atoms with van der Waals surface area (Å²) in [4.78, 5) is 12.9. The number of non-ortho nitro benzene ring substituents is 1. The van der Waals surface area contributed by atoms with Crippen molar-refractivity contribution in [1.29, 1.82) is 0 Å². The Balaban J connectivity index is 2.57.